The fraction of sp³-hybridized carbons (Fsp3) is 0. The molecule has 0 aliphatic rings. The Morgan fingerprint density at radius 3 is 2.00 bits per heavy atom. The van der Waals surface area contributed by atoms with Crippen molar-refractivity contribution in [3.63, 3.8) is 0 Å². The molecule has 0 N–H and O–H groups in total. The quantitative estimate of drug-likeness (QED) is 0.582. The van der Waals surface area contributed by atoms with E-state index in [0.717, 1.165) is 0 Å². The minimum atomic E-state index is -1.50. The van der Waals surface area contributed by atoms with Gasteiger partial charge in [0, 0.05) is 0 Å². The van der Waals surface area contributed by atoms with E-state index >= 15 is 0 Å². The molecule has 0 rings (SSSR count). The monoisotopic (exact) mass is 212 g/mol. The van der Waals surface area contributed by atoms with Crippen LogP contribution < -0.4 is 0 Å². The van der Waals surface area contributed by atoms with Crippen LogP contribution in [0, 0.1) is 0 Å². The summed E-state index contributed by atoms with van der Waals surface area (Å²) in [7, 11) is 10.7. The van der Waals surface area contributed by atoms with E-state index in [1.807, 2.05) is 0 Å². The molecule has 0 saturated heterocycles. The van der Waals surface area contributed by atoms with Gasteiger partial charge in [0.2, 0.25) is 0 Å². The van der Waals surface area contributed by atoms with Gasteiger partial charge < -0.3 is 0 Å². The molecule has 0 aliphatic heterocycles. The summed E-state index contributed by atoms with van der Waals surface area (Å²) >= 11 is -1.50. The van der Waals surface area contributed by atoms with Gasteiger partial charge in [-0.3, -0.25) is 0 Å². The van der Waals surface area contributed by atoms with Gasteiger partial charge in [0.05, 0.1) is 0 Å². The molecule has 0 fully saturated rings. The maximum atomic E-state index is 5.36. The molecular formula is C3H4Cl2Ru. The summed E-state index contributed by atoms with van der Waals surface area (Å²) in [6.45, 7) is 3.41. The van der Waals surface area contributed by atoms with E-state index in [2.05, 4.69) is 6.58 Å². The summed E-state index contributed by atoms with van der Waals surface area (Å²) in [6, 6.07) is 0. The standard InChI is InChI=1S/C3H4.2ClH.Ru/c1-3-2;;;/h1,3H,2H2;2*1H;/q;;;+2/p-2. The predicted molar refractivity (Wildman–Crippen MR) is 28.0 cm³/mol. The molecule has 0 aromatic carbocycles. The number of hydrogen-bond donors (Lipinski definition) is 0. The molecule has 0 nitrogen and oxygen atoms in total. The maximum absolute atomic E-state index is 5.36. The second-order valence-corrected chi connectivity index (χ2v) is 6.36. The van der Waals surface area contributed by atoms with Crippen LogP contribution in [0.5, 0.6) is 0 Å². The van der Waals surface area contributed by atoms with Crippen molar-refractivity contribution in [1.82, 2.24) is 0 Å². The Labute approximate surface area is 50.3 Å². The van der Waals surface area contributed by atoms with Gasteiger partial charge in [-0.25, -0.2) is 0 Å². The summed E-state index contributed by atoms with van der Waals surface area (Å²) < 4.78 is 1.73. The number of rotatable bonds is 1. The van der Waals surface area contributed by atoms with Gasteiger partial charge in [-0.1, -0.05) is 0 Å². The average molecular weight is 212 g/mol. The van der Waals surface area contributed by atoms with Crippen molar-refractivity contribution in [2.24, 2.45) is 0 Å². The van der Waals surface area contributed by atoms with Crippen LogP contribution in [0.25, 0.3) is 0 Å². The third kappa shape index (κ3) is 4.81. The fourth-order valence-electron chi connectivity index (χ4n) is 0.0630. The van der Waals surface area contributed by atoms with Gasteiger partial charge in [-0.15, -0.1) is 0 Å². The predicted octanol–water partition coefficient (Wildman–Crippen LogP) is 1.90. The molecular weight excluding hydrogens is 208 g/mol. The summed E-state index contributed by atoms with van der Waals surface area (Å²) in [5, 5.41) is 0. The van der Waals surface area contributed by atoms with Crippen molar-refractivity contribution < 1.29 is 13.5 Å². The first-order valence-electron chi connectivity index (χ1n) is 1.21. The second kappa shape index (κ2) is 3.99. The van der Waals surface area contributed by atoms with Crippen molar-refractivity contribution in [3.8, 4) is 0 Å². The zero-order valence-corrected chi connectivity index (χ0v) is 6.22. The first-order chi connectivity index (χ1) is 2.77. The van der Waals surface area contributed by atoms with Crippen molar-refractivity contribution in [1.29, 1.82) is 0 Å². The van der Waals surface area contributed by atoms with E-state index in [1.165, 1.54) is 0 Å². The van der Waals surface area contributed by atoms with Crippen LogP contribution in [0.3, 0.4) is 0 Å². The van der Waals surface area contributed by atoms with Crippen LogP contribution in [0.15, 0.2) is 12.7 Å². The Hall–Kier alpha value is 0.813. The molecule has 0 heterocycles. The third-order valence-corrected chi connectivity index (χ3v) is 2.07. The molecule has 0 unspecified atom stereocenters. The fourth-order valence-corrected chi connectivity index (χ4v) is 1.12. The summed E-state index contributed by atoms with van der Waals surface area (Å²) in [5.41, 5.74) is 0. The normalized spacial score (nSPS) is 10.0. The molecule has 0 aromatic rings. The second-order valence-electron chi connectivity index (χ2n) is 0.558. The van der Waals surface area contributed by atoms with E-state index in [4.69, 9.17) is 19.4 Å². The number of allylic oxidation sites excluding steroid dienone is 1. The van der Waals surface area contributed by atoms with E-state index < -0.39 is 13.5 Å². The number of hydrogen-bond acceptors (Lipinski definition) is 0. The van der Waals surface area contributed by atoms with Crippen molar-refractivity contribution in [2.45, 2.75) is 0 Å². The molecule has 0 aliphatic carbocycles. The van der Waals surface area contributed by atoms with E-state index in [1.54, 1.807) is 10.7 Å². The van der Waals surface area contributed by atoms with Crippen LogP contribution >= 0.6 is 19.4 Å². The van der Waals surface area contributed by atoms with Crippen LogP contribution in [0.1, 0.15) is 0 Å². The van der Waals surface area contributed by atoms with Crippen molar-refractivity contribution in [3.05, 3.63) is 12.7 Å². The van der Waals surface area contributed by atoms with Gasteiger partial charge >= 0.3 is 50.2 Å². The zero-order valence-electron chi connectivity index (χ0n) is 2.97. The molecule has 38 valence electrons. The summed E-state index contributed by atoms with van der Waals surface area (Å²) in [5.74, 6) is 0. The van der Waals surface area contributed by atoms with Crippen LogP contribution in [0.2, 0.25) is 0 Å². The number of halogens is 2. The van der Waals surface area contributed by atoms with E-state index in [9.17, 15) is 0 Å². The molecule has 0 radical (unpaired) electrons. The van der Waals surface area contributed by atoms with Gasteiger partial charge in [-0.05, 0) is 0 Å². The SMILES string of the molecule is C=C[CH]=[Ru]([Cl])[Cl]. The van der Waals surface area contributed by atoms with Gasteiger partial charge in [0.25, 0.3) is 0 Å². The Kier molecular flexibility index (Phi) is 4.53. The van der Waals surface area contributed by atoms with E-state index in [-0.39, 0.29) is 0 Å². The first-order valence-corrected chi connectivity index (χ1v) is 6.69. The molecule has 0 bridgehead atoms. The van der Waals surface area contributed by atoms with Gasteiger partial charge in [0.1, 0.15) is 0 Å². The Morgan fingerprint density at radius 2 is 2.00 bits per heavy atom. The summed E-state index contributed by atoms with van der Waals surface area (Å²) in [4.78, 5) is 0. The Bertz CT molecular complexity index is 72.9. The van der Waals surface area contributed by atoms with Crippen LogP contribution in [-0.2, 0) is 13.5 Å². The van der Waals surface area contributed by atoms with Crippen molar-refractivity contribution in [2.75, 3.05) is 0 Å². The molecule has 0 aromatic heterocycles. The van der Waals surface area contributed by atoms with Gasteiger partial charge in [0.15, 0.2) is 0 Å². The molecule has 6 heavy (non-hydrogen) atoms. The minimum absolute atomic E-state index is 1.50. The van der Waals surface area contributed by atoms with Crippen molar-refractivity contribution >= 4 is 24.0 Å². The molecule has 0 atom stereocenters. The zero-order chi connectivity index (χ0) is 4.99. The van der Waals surface area contributed by atoms with E-state index in [0.29, 0.717) is 0 Å². The third-order valence-electron chi connectivity index (χ3n) is 0.172. The van der Waals surface area contributed by atoms with Gasteiger partial charge in [-0.2, -0.15) is 0 Å². The van der Waals surface area contributed by atoms with Crippen LogP contribution in [0.4, 0.5) is 0 Å². The molecule has 0 amide bonds. The Balaban J connectivity index is 3.41. The first kappa shape index (κ1) is 6.81. The molecule has 0 saturated carbocycles. The average Bonchev–Trinajstić information content (AvgIpc) is 1.35. The summed E-state index contributed by atoms with van der Waals surface area (Å²) in [6.07, 6.45) is 1.62. The topological polar surface area (TPSA) is 0 Å². The Morgan fingerprint density at radius 1 is 1.50 bits per heavy atom. The molecule has 3 heteroatoms. The van der Waals surface area contributed by atoms with Crippen LogP contribution in [-0.4, -0.2) is 4.61 Å². The molecule has 0 spiro atoms.